The van der Waals surface area contributed by atoms with Crippen LogP contribution in [0.15, 0.2) is 46.9 Å². The highest BCUT2D eigenvalue weighted by Crippen LogP contribution is 2.16. The number of quaternary nitrogens is 1. The minimum Gasteiger partial charge on any atom is -0.460 e. The molecule has 1 saturated heterocycles. The van der Waals surface area contributed by atoms with Crippen molar-refractivity contribution in [3.63, 3.8) is 0 Å². The topological polar surface area (TPSA) is 58.1 Å². The van der Waals surface area contributed by atoms with E-state index in [1.165, 1.54) is 4.90 Å². The van der Waals surface area contributed by atoms with Crippen LogP contribution in [-0.2, 0) is 17.9 Å². The zero-order valence-electron chi connectivity index (χ0n) is 15.5. The van der Waals surface area contributed by atoms with Crippen LogP contribution in [0.5, 0.6) is 0 Å². The molecule has 2 N–H and O–H groups in total. The molecule has 140 valence electrons. The molecule has 1 amide bonds. The van der Waals surface area contributed by atoms with E-state index in [4.69, 9.17) is 4.42 Å². The van der Waals surface area contributed by atoms with E-state index >= 15 is 0 Å². The summed E-state index contributed by atoms with van der Waals surface area (Å²) in [6.45, 7) is 5.78. The van der Waals surface area contributed by atoms with Crippen LogP contribution in [0.3, 0.4) is 0 Å². The number of benzene rings is 1. The predicted molar refractivity (Wildman–Crippen MR) is 99.5 cm³/mol. The van der Waals surface area contributed by atoms with Gasteiger partial charge in [0.1, 0.15) is 12.3 Å². The third-order valence-corrected chi connectivity index (χ3v) is 5.16. The molecule has 1 fully saturated rings. The summed E-state index contributed by atoms with van der Waals surface area (Å²) in [4.78, 5) is 16.2. The van der Waals surface area contributed by atoms with E-state index in [0.717, 1.165) is 49.6 Å². The second-order valence-electron chi connectivity index (χ2n) is 7.18. The first-order valence-electron chi connectivity index (χ1n) is 9.48. The minimum absolute atomic E-state index is 0.000509. The van der Waals surface area contributed by atoms with Crippen LogP contribution in [0.1, 0.15) is 29.9 Å². The molecule has 1 aliphatic heterocycles. The average molecular weight is 357 g/mol. The summed E-state index contributed by atoms with van der Waals surface area (Å²) in [6.07, 6.45) is 1.79. The van der Waals surface area contributed by atoms with Crippen molar-refractivity contribution in [1.29, 1.82) is 0 Å². The van der Waals surface area contributed by atoms with Gasteiger partial charge in [-0.1, -0.05) is 30.3 Å². The second kappa shape index (κ2) is 9.01. The Morgan fingerprint density at radius 3 is 2.54 bits per heavy atom. The van der Waals surface area contributed by atoms with E-state index in [2.05, 4.69) is 0 Å². The van der Waals surface area contributed by atoms with E-state index in [1.54, 1.807) is 4.90 Å². The number of aryl methyl sites for hydroxylation is 1. The average Bonchev–Trinajstić information content (AvgIpc) is 3.07. The van der Waals surface area contributed by atoms with Gasteiger partial charge in [-0.2, -0.15) is 0 Å². The standard InChI is InChI=1S/C21H28N2O3/c1-17-7-8-20(26-17)16-22-11-9-19(10-12-22)21(25)23(13-14-24)15-18-5-3-2-4-6-18/h2-8,19,24H,9-16H2,1H3/p+1. The smallest absolute Gasteiger partial charge is 0.226 e. The molecule has 2 heterocycles. The molecule has 0 spiro atoms. The molecule has 0 bridgehead atoms. The van der Waals surface area contributed by atoms with Crippen molar-refractivity contribution in [1.82, 2.24) is 4.90 Å². The molecule has 1 aromatic carbocycles. The molecule has 1 aromatic heterocycles. The largest absolute Gasteiger partial charge is 0.460 e. The fraction of sp³-hybridized carbons (Fsp3) is 0.476. The van der Waals surface area contributed by atoms with Gasteiger partial charge < -0.3 is 19.3 Å². The summed E-state index contributed by atoms with van der Waals surface area (Å²) in [7, 11) is 0. The highest BCUT2D eigenvalue weighted by atomic mass is 16.3. The van der Waals surface area contributed by atoms with Crippen molar-refractivity contribution in [2.75, 3.05) is 26.2 Å². The van der Waals surface area contributed by atoms with Gasteiger partial charge in [-0.15, -0.1) is 0 Å². The Kier molecular flexibility index (Phi) is 6.47. The van der Waals surface area contributed by atoms with Gasteiger partial charge in [-0.05, 0) is 24.6 Å². The minimum atomic E-state index is 0.000509. The van der Waals surface area contributed by atoms with E-state index < -0.39 is 0 Å². The van der Waals surface area contributed by atoms with Crippen LogP contribution in [-0.4, -0.2) is 42.2 Å². The molecule has 2 aromatic rings. The van der Waals surface area contributed by atoms with Crippen LogP contribution >= 0.6 is 0 Å². The third-order valence-electron chi connectivity index (χ3n) is 5.16. The Morgan fingerprint density at radius 1 is 1.19 bits per heavy atom. The molecule has 26 heavy (non-hydrogen) atoms. The molecular weight excluding hydrogens is 328 g/mol. The first-order valence-corrected chi connectivity index (χ1v) is 9.48. The quantitative estimate of drug-likeness (QED) is 0.788. The number of likely N-dealkylation sites (tertiary alicyclic amines) is 1. The number of rotatable bonds is 7. The van der Waals surface area contributed by atoms with Crippen molar-refractivity contribution in [2.45, 2.75) is 32.9 Å². The van der Waals surface area contributed by atoms with Gasteiger partial charge in [0.2, 0.25) is 5.91 Å². The maximum atomic E-state index is 12.9. The molecule has 5 nitrogen and oxygen atoms in total. The zero-order valence-corrected chi connectivity index (χ0v) is 15.5. The van der Waals surface area contributed by atoms with Crippen molar-refractivity contribution in [3.05, 3.63) is 59.5 Å². The Morgan fingerprint density at radius 2 is 1.92 bits per heavy atom. The summed E-state index contributed by atoms with van der Waals surface area (Å²) in [5.41, 5.74) is 1.10. The number of carbonyl (C=O) groups is 1. The summed E-state index contributed by atoms with van der Waals surface area (Å²) < 4.78 is 5.67. The van der Waals surface area contributed by atoms with Crippen molar-refractivity contribution < 1.29 is 19.2 Å². The highest BCUT2D eigenvalue weighted by molar-refractivity contribution is 5.79. The Hall–Kier alpha value is -2.11. The van der Waals surface area contributed by atoms with Gasteiger partial charge in [0.05, 0.1) is 19.7 Å². The lowest BCUT2D eigenvalue weighted by Gasteiger charge is -2.32. The summed E-state index contributed by atoms with van der Waals surface area (Å²) in [5, 5.41) is 9.36. The van der Waals surface area contributed by atoms with Crippen LogP contribution in [0.4, 0.5) is 0 Å². The number of aliphatic hydroxyl groups is 1. The number of hydrogen-bond acceptors (Lipinski definition) is 3. The van der Waals surface area contributed by atoms with Gasteiger partial charge in [0, 0.05) is 31.8 Å². The normalized spacial score (nSPS) is 20.1. The fourth-order valence-electron chi connectivity index (χ4n) is 3.73. The highest BCUT2D eigenvalue weighted by Gasteiger charge is 2.30. The third kappa shape index (κ3) is 4.96. The first-order chi connectivity index (χ1) is 12.7. The van der Waals surface area contributed by atoms with E-state index in [-0.39, 0.29) is 18.4 Å². The molecule has 0 saturated carbocycles. The number of carbonyl (C=O) groups excluding carboxylic acids is 1. The van der Waals surface area contributed by atoms with E-state index in [0.29, 0.717) is 13.1 Å². The Labute approximate surface area is 155 Å². The fourth-order valence-corrected chi connectivity index (χ4v) is 3.73. The lowest BCUT2D eigenvalue weighted by atomic mass is 9.95. The van der Waals surface area contributed by atoms with E-state index in [9.17, 15) is 9.90 Å². The van der Waals surface area contributed by atoms with Gasteiger partial charge in [-0.3, -0.25) is 4.79 Å². The number of amides is 1. The van der Waals surface area contributed by atoms with Crippen LogP contribution in [0, 0.1) is 12.8 Å². The maximum Gasteiger partial charge on any atom is 0.226 e. The molecule has 5 heteroatoms. The molecule has 0 atom stereocenters. The number of piperidine rings is 1. The second-order valence-corrected chi connectivity index (χ2v) is 7.18. The predicted octanol–water partition coefficient (Wildman–Crippen LogP) is 1.40. The number of nitrogens with one attached hydrogen (secondary N) is 1. The zero-order chi connectivity index (χ0) is 18.4. The van der Waals surface area contributed by atoms with Gasteiger partial charge in [0.25, 0.3) is 0 Å². The SMILES string of the molecule is Cc1ccc(C[NH+]2CCC(C(=O)N(CCO)Cc3ccccc3)CC2)o1. The molecule has 0 radical (unpaired) electrons. The lowest BCUT2D eigenvalue weighted by molar-refractivity contribution is -0.920. The number of hydrogen-bond donors (Lipinski definition) is 2. The lowest BCUT2D eigenvalue weighted by Crippen LogP contribution is -3.11. The van der Waals surface area contributed by atoms with Crippen LogP contribution in [0.2, 0.25) is 0 Å². The van der Waals surface area contributed by atoms with E-state index in [1.807, 2.05) is 49.4 Å². The molecule has 0 unspecified atom stereocenters. The number of furan rings is 1. The summed E-state index contributed by atoms with van der Waals surface area (Å²) >= 11 is 0. The van der Waals surface area contributed by atoms with Crippen LogP contribution in [0.25, 0.3) is 0 Å². The van der Waals surface area contributed by atoms with Gasteiger partial charge in [-0.25, -0.2) is 0 Å². The molecule has 3 rings (SSSR count). The van der Waals surface area contributed by atoms with Gasteiger partial charge >= 0.3 is 0 Å². The molecule has 1 aliphatic rings. The number of aliphatic hydroxyl groups excluding tert-OH is 1. The monoisotopic (exact) mass is 357 g/mol. The first kappa shape index (κ1) is 18.7. The summed E-state index contributed by atoms with van der Waals surface area (Å²) in [6, 6.07) is 14.0. The van der Waals surface area contributed by atoms with Crippen molar-refractivity contribution in [3.8, 4) is 0 Å². The summed E-state index contributed by atoms with van der Waals surface area (Å²) in [5.74, 6) is 2.21. The number of nitrogens with zero attached hydrogens (tertiary/aromatic N) is 1. The van der Waals surface area contributed by atoms with Gasteiger partial charge in [0.15, 0.2) is 5.76 Å². The van der Waals surface area contributed by atoms with Crippen molar-refractivity contribution >= 4 is 5.91 Å². The van der Waals surface area contributed by atoms with Crippen LogP contribution < -0.4 is 4.90 Å². The maximum absolute atomic E-state index is 12.9. The molecular formula is C21H29N2O3+. The Balaban J connectivity index is 1.53. The van der Waals surface area contributed by atoms with Crippen molar-refractivity contribution in [2.24, 2.45) is 5.92 Å². The molecule has 0 aliphatic carbocycles. The Bertz CT molecular complexity index is 690.